The van der Waals surface area contributed by atoms with Gasteiger partial charge in [-0.1, -0.05) is 30.3 Å². The van der Waals surface area contributed by atoms with Crippen LogP contribution in [0.5, 0.6) is 0 Å². The predicted octanol–water partition coefficient (Wildman–Crippen LogP) is 3.86. The molecule has 0 spiro atoms. The largest absolute Gasteiger partial charge is 0.298 e. The number of rotatable bonds is 5. The molecule has 4 rings (SSSR count). The van der Waals surface area contributed by atoms with Gasteiger partial charge in [0.25, 0.3) is 11.6 Å². The Balaban J connectivity index is 1.41. The highest BCUT2D eigenvalue weighted by Crippen LogP contribution is 2.29. The van der Waals surface area contributed by atoms with E-state index in [9.17, 15) is 14.9 Å². The van der Waals surface area contributed by atoms with Gasteiger partial charge in [-0.2, -0.15) is 0 Å². The number of aromatic nitrogens is 1. The summed E-state index contributed by atoms with van der Waals surface area (Å²) in [6.07, 6.45) is 0.853. The van der Waals surface area contributed by atoms with Gasteiger partial charge in [0, 0.05) is 48.6 Å². The number of anilines is 1. The molecule has 142 valence electrons. The molecule has 0 fully saturated rings. The number of fused-ring (bicyclic) bond motifs is 1. The zero-order valence-electron chi connectivity index (χ0n) is 15.0. The SMILES string of the molecule is O=C(Nc1nc2c(s1)CN(Cc1ccccc1)CC2)c1ccc([N+](=O)[O-])cc1. The molecule has 0 bridgehead atoms. The minimum Gasteiger partial charge on any atom is -0.298 e. The average Bonchev–Trinajstić information content (AvgIpc) is 3.10. The summed E-state index contributed by atoms with van der Waals surface area (Å²) in [5.74, 6) is -0.317. The van der Waals surface area contributed by atoms with Crippen LogP contribution in [0.4, 0.5) is 10.8 Å². The van der Waals surface area contributed by atoms with Gasteiger partial charge in [-0.15, -0.1) is 11.3 Å². The van der Waals surface area contributed by atoms with E-state index in [4.69, 9.17) is 0 Å². The maximum atomic E-state index is 12.4. The van der Waals surface area contributed by atoms with Gasteiger partial charge in [-0.25, -0.2) is 4.98 Å². The maximum Gasteiger partial charge on any atom is 0.269 e. The second kappa shape index (κ2) is 7.87. The van der Waals surface area contributed by atoms with Crippen molar-refractivity contribution in [1.82, 2.24) is 9.88 Å². The number of non-ortho nitro benzene ring substituents is 1. The fraction of sp³-hybridized carbons (Fsp3) is 0.200. The summed E-state index contributed by atoms with van der Waals surface area (Å²) in [7, 11) is 0. The van der Waals surface area contributed by atoms with E-state index in [1.165, 1.54) is 46.0 Å². The van der Waals surface area contributed by atoms with E-state index in [1.54, 1.807) is 0 Å². The lowest BCUT2D eigenvalue weighted by molar-refractivity contribution is -0.384. The molecule has 0 saturated heterocycles. The number of benzene rings is 2. The molecule has 7 nitrogen and oxygen atoms in total. The molecular weight excluding hydrogens is 376 g/mol. The van der Waals surface area contributed by atoms with E-state index < -0.39 is 4.92 Å². The molecule has 0 atom stereocenters. The first kappa shape index (κ1) is 18.3. The van der Waals surface area contributed by atoms with Gasteiger partial charge in [-0.3, -0.25) is 25.1 Å². The Morgan fingerprint density at radius 1 is 1.18 bits per heavy atom. The van der Waals surface area contributed by atoms with Crippen molar-refractivity contribution in [3.8, 4) is 0 Å². The fourth-order valence-electron chi connectivity index (χ4n) is 3.18. The first-order valence-corrected chi connectivity index (χ1v) is 9.71. The first-order valence-electron chi connectivity index (χ1n) is 8.89. The molecule has 0 saturated carbocycles. The lowest BCUT2D eigenvalue weighted by atomic mass is 10.1. The molecule has 2 heterocycles. The lowest BCUT2D eigenvalue weighted by Crippen LogP contribution is -2.29. The van der Waals surface area contributed by atoms with E-state index in [-0.39, 0.29) is 11.6 Å². The third kappa shape index (κ3) is 4.08. The summed E-state index contributed by atoms with van der Waals surface area (Å²) in [6.45, 7) is 2.64. The summed E-state index contributed by atoms with van der Waals surface area (Å²) < 4.78 is 0. The second-order valence-electron chi connectivity index (χ2n) is 6.59. The van der Waals surface area contributed by atoms with Gasteiger partial charge >= 0.3 is 0 Å². The van der Waals surface area contributed by atoms with E-state index in [0.29, 0.717) is 10.7 Å². The number of hydrogen-bond acceptors (Lipinski definition) is 6. The highest BCUT2D eigenvalue weighted by molar-refractivity contribution is 7.15. The van der Waals surface area contributed by atoms with Crippen LogP contribution < -0.4 is 5.32 Å². The topological polar surface area (TPSA) is 88.4 Å². The van der Waals surface area contributed by atoms with Crippen LogP contribution in [0.3, 0.4) is 0 Å². The molecule has 28 heavy (non-hydrogen) atoms. The number of carbonyl (C=O) groups is 1. The van der Waals surface area contributed by atoms with Gasteiger partial charge in [0.1, 0.15) is 0 Å². The van der Waals surface area contributed by atoms with E-state index in [1.807, 2.05) is 18.2 Å². The van der Waals surface area contributed by atoms with E-state index in [0.717, 1.165) is 31.7 Å². The highest BCUT2D eigenvalue weighted by atomic mass is 32.1. The van der Waals surface area contributed by atoms with Crippen molar-refractivity contribution in [3.05, 3.63) is 86.4 Å². The predicted molar refractivity (Wildman–Crippen MR) is 107 cm³/mol. The fourth-order valence-corrected chi connectivity index (χ4v) is 4.23. The third-order valence-corrected chi connectivity index (χ3v) is 5.62. The molecule has 1 aliphatic rings. The molecule has 1 amide bonds. The van der Waals surface area contributed by atoms with Crippen molar-refractivity contribution >= 4 is 28.1 Å². The number of amides is 1. The van der Waals surface area contributed by atoms with Crippen molar-refractivity contribution in [3.63, 3.8) is 0 Å². The highest BCUT2D eigenvalue weighted by Gasteiger charge is 2.21. The van der Waals surface area contributed by atoms with Crippen LogP contribution in [0.2, 0.25) is 0 Å². The number of thiazole rings is 1. The first-order chi connectivity index (χ1) is 13.6. The van der Waals surface area contributed by atoms with Crippen molar-refractivity contribution in [2.45, 2.75) is 19.5 Å². The summed E-state index contributed by atoms with van der Waals surface area (Å²) in [5, 5.41) is 14.1. The molecule has 0 radical (unpaired) electrons. The number of nitrogens with zero attached hydrogens (tertiary/aromatic N) is 3. The van der Waals surface area contributed by atoms with Crippen LogP contribution in [0.1, 0.15) is 26.5 Å². The van der Waals surface area contributed by atoms with Crippen LogP contribution in [0.15, 0.2) is 54.6 Å². The Hall–Kier alpha value is -3.10. The zero-order chi connectivity index (χ0) is 19.5. The number of hydrogen-bond donors (Lipinski definition) is 1. The summed E-state index contributed by atoms with van der Waals surface area (Å²) in [6, 6.07) is 15.9. The zero-order valence-corrected chi connectivity index (χ0v) is 15.8. The monoisotopic (exact) mass is 394 g/mol. The Labute approximate surface area is 165 Å². The standard InChI is InChI=1S/C20H18N4O3S/c25-19(15-6-8-16(9-7-15)24(26)27)22-20-21-17-10-11-23(13-18(17)28-20)12-14-4-2-1-3-5-14/h1-9H,10-13H2,(H,21,22,25). The summed E-state index contributed by atoms with van der Waals surface area (Å²) in [5.41, 5.74) is 2.64. The lowest BCUT2D eigenvalue weighted by Gasteiger charge is -2.25. The van der Waals surface area contributed by atoms with Gasteiger partial charge < -0.3 is 0 Å². The molecule has 2 aromatic carbocycles. The van der Waals surface area contributed by atoms with Crippen LogP contribution in [-0.2, 0) is 19.5 Å². The maximum absolute atomic E-state index is 12.4. The summed E-state index contributed by atoms with van der Waals surface area (Å²) >= 11 is 1.49. The third-order valence-electron chi connectivity index (χ3n) is 4.62. The molecule has 1 aliphatic heterocycles. The average molecular weight is 394 g/mol. The molecule has 1 N–H and O–H groups in total. The smallest absolute Gasteiger partial charge is 0.269 e. The molecule has 8 heteroatoms. The Morgan fingerprint density at radius 3 is 2.64 bits per heavy atom. The van der Waals surface area contributed by atoms with Crippen molar-refractivity contribution in [1.29, 1.82) is 0 Å². The number of carbonyl (C=O) groups excluding carboxylic acids is 1. The Kier molecular flexibility index (Phi) is 5.14. The van der Waals surface area contributed by atoms with Gasteiger partial charge in [-0.05, 0) is 17.7 Å². The normalized spacial score (nSPS) is 13.7. The number of nitro benzene ring substituents is 1. The number of nitrogens with one attached hydrogen (secondary N) is 1. The van der Waals surface area contributed by atoms with Crippen molar-refractivity contribution in [2.75, 3.05) is 11.9 Å². The second-order valence-corrected chi connectivity index (χ2v) is 7.68. The van der Waals surface area contributed by atoms with Crippen LogP contribution in [0, 0.1) is 10.1 Å². The van der Waals surface area contributed by atoms with Gasteiger partial charge in [0.05, 0.1) is 10.6 Å². The van der Waals surface area contributed by atoms with Crippen LogP contribution in [0.25, 0.3) is 0 Å². The molecule has 0 unspecified atom stereocenters. The molecule has 1 aromatic heterocycles. The Morgan fingerprint density at radius 2 is 1.93 bits per heavy atom. The quantitative estimate of drug-likeness (QED) is 0.524. The molecule has 0 aliphatic carbocycles. The molecular formula is C20H18N4O3S. The summed E-state index contributed by atoms with van der Waals surface area (Å²) in [4.78, 5) is 30.7. The van der Waals surface area contributed by atoms with Crippen LogP contribution >= 0.6 is 11.3 Å². The van der Waals surface area contributed by atoms with Crippen LogP contribution in [-0.4, -0.2) is 27.3 Å². The van der Waals surface area contributed by atoms with Gasteiger partial charge in [0.15, 0.2) is 5.13 Å². The van der Waals surface area contributed by atoms with E-state index in [2.05, 4.69) is 27.3 Å². The Bertz CT molecular complexity index is 1000. The molecule has 3 aromatic rings. The number of nitro groups is 1. The van der Waals surface area contributed by atoms with Gasteiger partial charge in [0.2, 0.25) is 0 Å². The van der Waals surface area contributed by atoms with Crippen molar-refractivity contribution in [2.24, 2.45) is 0 Å². The minimum atomic E-state index is -0.488. The van der Waals surface area contributed by atoms with E-state index >= 15 is 0 Å². The van der Waals surface area contributed by atoms with Crippen molar-refractivity contribution < 1.29 is 9.72 Å². The minimum absolute atomic E-state index is 0.0419.